The third kappa shape index (κ3) is 3.83. The number of alkyl halides is 1. The summed E-state index contributed by atoms with van der Waals surface area (Å²) in [6, 6.07) is 21.2. The third-order valence-corrected chi connectivity index (χ3v) is 4.50. The van der Waals surface area contributed by atoms with E-state index in [0.717, 1.165) is 18.9 Å². The van der Waals surface area contributed by atoms with Crippen LogP contribution in [-0.4, -0.2) is 16.4 Å². The van der Waals surface area contributed by atoms with E-state index in [1.807, 2.05) is 12.1 Å². The van der Waals surface area contributed by atoms with E-state index in [2.05, 4.69) is 81.8 Å². The van der Waals surface area contributed by atoms with Gasteiger partial charge in [0.25, 0.3) is 0 Å². The molecule has 2 aromatic carbocycles. The second kappa shape index (κ2) is 7.04. The van der Waals surface area contributed by atoms with Gasteiger partial charge in [0.2, 0.25) is 0 Å². The summed E-state index contributed by atoms with van der Waals surface area (Å²) < 4.78 is 0.249. The zero-order chi connectivity index (χ0) is 14.5. The molecule has 3 rings (SSSR count). The molecule has 2 aromatic rings. The average Bonchev–Trinajstić information content (AvgIpc) is 2.90. The molecule has 0 unspecified atom stereocenters. The summed E-state index contributed by atoms with van der Waals surface area (Å²) in [5.74, 6) is 1.04. The van der Waals surface area contributed by atoms with Crippen molar-refractivity contribution in [2.45, 2.75) is 16.6 Å². The molecule has 0 aromatic heterocycles. The SMILES string of the molecule is I[C@@H]1N=C(CNCc2ccccc2)N[C@@H]1c1ccccc1. The summed E-state index contributed by atoms with van der Waals surface area (Å²) >= 11 is 2.40. The molecule has 2 atom stereocenters. The lowest BCUT2D eigenvalue weighted by molar-refractivity contribution is 0.682. The van der Waals surface area contributed by atoms with Gasteiger partial charge in [-0.3, -0.25) is 4.99 Å². The van der Waals surface area contributed by atoms with Gasteiger partial charge in [-0.2, -0.15) is 0 Å². The van der Waals surface area contributed by atoms with E-state index in [0.29, 0.717) is 0 Å². The Morgan fingerprint density at radius 1 is 0.952 bits per heavy atom. The standard InChI is InChI=1S/C17H18IN3/c18-17-16(14-9-5-2-6-10-14)20-15(21-17)12-19-11-13-7-3-1-4-8-13/h1-10,16-17,19H,11-12H2,(H,20,21)/t16-,17-/m1/s1. The molecule has 21 heavy (non-hydrogen) atoms. The largest absolute Gasteiger partial charge is 0.363 e. The van der Waals surface area contributed by atoms with Crippen molar-refractivity contribution in [3.8, 4) is 0 Å². The first-order valence-corrected chi connectivity index (χ1v) is 8.34. The predicted molar refractivity (Wildman–Crippen MR) is 95.7 cm³/mol. The van der Waals surface area contributed by atoms with Gasteiger partial charge >= 0.3 is 0 Å². The predicted octanol–water partition coefficient (Wildman–Crippen LogP) is 3.28. The summed E-state index contributed by atoms with van der Waals surface area (Å²) in [4.78, 5) is 4.71. The number of halogens is 1. The molecule has 0 saturated carbocycles. The number of rotatable bonds is 5. The van der Waals surface area contributed by atoms with Crippen LogP contribution in [0.5, 0.6) is 0 Å². The van der Waals surface area contributed by atoms with Crippen LogP contribution in [0.15, 0.2) is 65.7 Å². The van der Waals surface area contributed by atoms with Crippen LogP contribution < -0.4 is 10.6 Å². The molecule has 108 valence electrons. The number of nitrogens with one attached hydrogen (secondary N) is 2. The molecule has 0 radical (unpaired) electrons. The Morgan fingerprint density at radius 2 is 1.62 bits per heavy atom. The zero-order valence-corrected chi connectivity index (χ0v) is 13.8. The fourth-order valence-electron chi connectivity index (χ4n) is 2.43. The second-order valence-corrected chi connectivity index (χ2v) is 6.35. The highest BCUT2D eigenvalue weighted by atomic mass is 127. The Hall–Kier alpha value is -1.40. The van der Waals surface area contributed by atoms with Crippen molar-refractivity contribution in [3.05, 3.63) is 71.8 Å². The molecule has 0 spiro atoms. The summed E-state index contributed by atoms with van der Waals surface area (Å²) in [6.07, 6.45) is 0. The minimum atomic E-state index is 0.249. The van der Waals surface area contributed by atoms with Crippen LogP contribution in [0.3, 0.4) is 0 Å². The molecule has 0 fully saturated rings. The van der Waals surface area contributed by atoms with Crippen molar-refractivity contribution < 1.29 is 0 Å². The Labute approximate surface area is 139 Å². The highest BCUT2D eigenvalue weighted by molar-refractivity contribution is 14.1. The number of benzene rings is 2. The van der Waals surface area contributed by atoms with Crippen molar-refractivity contribution in [1.82, 2.24) is 10.6 Å². The zero-order valence-electron chi connectivity index (χ0n) is 11.7. The molecule has 0 amide bonds. The van der Waals surface area contributed by atoms with E-state index in [9.17, 15) is 0 Å². The molecule has 4 heteroatoms. The van der Waals surface area contributed by atoms with Gasteiger partial charge in [-0.1, -0.05) is 83.3 Å². The van der Waals surface area contributed by atoms with Gasteiger partial charge in [0.05, 0.1) is 12.6 Å². The summed E-state index contributed by atoms with van der Waals surface area (Å²) in [5, 5.41) is 6.96. The van der Waals surface area contributed by atoms with E-state index >= 15 is 0 Å². The molecule has 2 N–H and O–H groups in total. The van der Waals surface area contributed by atoms with Gasteiger partial charge < -0.3 is 10.6 Å². The number of hydrogen-bond acceptors (Lipinski definition) is 3. The Kier molecular flexibility index (Phi) is 4.87. The van der Waals surface area contributed by atoms with Crippen LogP contribution in [-0.2, 0) is 6.54 Å². The van der Waals surface area contributed by atoms with E-state index in [-0.39, 0.29) is 10.1 Å². The van der Waals surface area contributed by atoms with Crippen molar-refractivity contribution >= 4 is 28.4 Å². The molecular weight excluding hydrogens is 373 g/mol. The molecule has 0 saturated heterocycles. The normalized spacial score (nSPS) is 20.9. The first-order chi connectivity index (χ1) is 10.3. The lowest BCUT2D eigenvalue weighted by Crippen LogP contribution is -2.32. The van der Waals surface area contributed by atoms with Crippen molar-refractivity contribution in [2.24, 2.45) is 4.99 Å². The monoisotopic (exact) mass is 391 g/mol. The van der Waals surface area contributed by atoms with Gasteiger partial charge in [-0.25, -0.2) is 0 Å². The van der Waals surface area contributed by atoms with Gasteiger partial charge in [0.1, 0.15) is 9.88 Å². The molecule has 0 bridgehead atoms. The van der Waals surface area contributed by atoms with E-state index < -0.39 is 0 Å². The van der Waals surface area contributed by atoms with E-state index in [4.69, 9.17) is 4.99 Å². The first kappa shape index (κ1) is 14.5. The van der Waals surface area contributed by atoms with Gasteiger partial charge in [-0.05, 0) is 11.1 Å². The van der Waals surface area contributed by atoms with Crippen LogP contribution in [0, 0.1) is 0 Å². The van der Waals surface area contributed by atoms with Gasteiger partial charge in [-0.15, -0.1) is 0 Å². The lowest BCUT2D eigenvalue weighted by Gasteiger charge is -2.15. The quantitative estimate of drug-likeness (QED) is 0.466. The molecule has 1 heterocycles. The van der Waals surface area contributed by atoms with E-state index in [1.54, 1.807) is 0 Å². The second-order valence-electron chi connectivity index (χ2n) is 5.07. The number of hydrogen-bond donors (Lipinski definition) is 2. The minimum absolute atomic E-state index is 0.249. The average molecular weight is 391 g/mol. The first-order valence-electron chi connectivity index (χ1n) is 7.10. The Balaban J connectivity index is 1.53. The third-order valence-electron chi connectivity index (χ3n) is 3.50. The Bertz CT molecular complexity index is 598. The van der Waals surface area contributed by atoms with Crippen LogP contribution in [0.1, 0.15) is 17.2 Å². The fourth-order valence-corrected chi connectivity index (χ4v) is 3.36. The van der Waals surface area contributed by atoms with E-state index in [1.165, 1.54) is 11.1 Å². The van der Waals surface area contributed by atoms with Crippen molar-refractivity contribution in [2.75, 3.05) is 6.54 Å². The van der Waals surface area contributed by atoms with Crippen LogP contribution >= 0.6 is 22.6 Å². The molecule has 1 aliphatic heterocycles. The minimum Gasteiger partial charge on any atom is -0.363 e. The van der Waals surface area contributed by atoms with Gasteiger partial charge in [0.15, 0.2) is 0 Å². The maximum Gasteiger partial charge on any atom is 0.127 e. The van der Waals surface area contributed by atoms with Crippen LogP contribution in [0.2, 0.25) is 0 Å². The molecule has 1 aliphatic rings. The number of amidine groups is 1. The summed E-state index contributed by atoms with van der Waals surface area (Å²) in [6.45, 7) is 1.64. The highest BCUT2D eigenvalue weighted by Crippen LogP contribution is 2.27. The smallest absolute Gasteiger partial charge is 0.127 e. The van der Waals surface area contributed by atoms with Crippen molar-refractivity contribution in [3.63, 3.8) is 0 Å². The van der Waals surface area contributed by atoms with Crippen molar-refractivity contribution in [1.29, 1.82) is 0 Å². The fraction of sp³-hybridized carbons (Fsp3) is 0.235. The van der Waals surface area contributed by atoms with Crippen LogP contribution in [0.4, 0.5) is 0 Å². The maximum atomic E-state index is 4.71. The maximum absolute atomic E-state index is 4.71. The number of aliphatic imine (C=N–C) groups is 1. The van der Waals surface area contributed by atoms with Gasteiger partial charge in [0, 0.05) is 6.54 Å². The molecule has 0 aliphatic carbocycles. The van der Waals surface area contributed by atoms with Crippen LogP contribution in [0.25, 0.3) is 0 Å². The lowest BCUT2D eigenvalue weighted by atomic mass is 10.1. The molecule has 3 nitrogen and oxygen atoms in total. The summed E-state index contributed by atoms with van der Waals surface area (Å²) in [7, 11) is 0. The summed E-state index contributed by atoms with van der Waals surface area (Å²) in [5.41, 5.74) is 2.58. The number of nitrogens with zero attached hydrogens (tertiary/aromatic N) is 1. The topological polar surface area (TPSA) is 36.4 Å². The highest BCUT2D eigenvalue weighted by Gasteiger charge is 2.27. The molecular formula is C17H18IN3. The Morgan fingerprint density at radius 3 is 2.33 bits per heavy atom.